The first-order chi connectivity index (χ1) is 13.2. The SMILES string of the molecule is CCNC(=NCc1ccn(-c2ccccc2)n1)NCC(O)c1ccc(Cl)s1. The summed E-state index contributed by atoms with van der Waals surface area (Å²) in [5, 5.41) is 21.1. The molecule has 0 bridgehead atoms. The molecule has 0 spiro atoms. The first-order valence-electron chi connectivity index (χ1n) is 8.71. The number of nitrogens with one attached hydrogen (secondary N) is 2. The van der Waals surface area contributed by atoms with Gasteiger partial charge >= 0.3 is 0 Å². The van der Waals surface area contributed by atoms with Gasteiger partial charge in [0.2, 0.25) is 0 Å². The highest BCUT2D eigenvalue weighted by molar-refractivity contribution is 7.16. The molecular formula is C19H22ClN5OS. The predicted molar refractivity (Wildman–Crippen MR) is 111 cm³/mol. The lowest BCUT2D eigenvalue weighted by atomic mass is 10.3. The van der Waals surface area contributed by atoms with Crippen LogP contribution in [0.15, 0.2) is 59.7 Å². The summed E-state index contributed by atoms with van der Waals surface area (Å²) in [5.74, 6) is 0.633. The Hall–Kier alpha value is -2.35. The van der Waals surface area contributed by atoms with Crippen molar-refractivity contribution in [1.82, 2.24) is 20.4 Å². The molecule has 3 N–H and O–H groups in total. The van der Waals surface area contributed by atoms with Gasteiger partial charge in [-0.1, -0.05) is 29.8 Å². The molecule has 6 nitrogen and oxygen atoms in total. The molecule has 0 saturated carbocycles. The summed E-state index contributed by atoms with van der Waals surface area (Å²) in [6.07, 6.45) is 1.29. The third-order valence-electron chi connectivity index (χ3n) is 3.79. The Morgan fingerprint density at radius 1 is 1.22 bits per heavy atom. The maximum Gasteiger partial charge on any atom is 0.191 e. The number of thiophene rings is 1. The van der Waals surface area contributed by atoms with Gasteiger partial charge in [0.05, 0.1) is 22.3 Å². The van der Waals surface area contributed by atoms with E-state index in [1.54, 1.807) is 6.07 Å². The van der Waals surface area contributed by atoms with Gasteiger partial charge in [-0.25, -0.2) is 9.67 Å². The fraction of sp³-hybridized carbons (Fsp3) is 0.263. The molecule has 0 aliphatic heterocycles. The molecular weight excluding hydrogens is 382 g/mol. The fourth-order valence-corrected chi connectivity index (χ4v) is 3.52. The van der Waals surface area contributed by atoms with Gasteiger partial charge in [-0.15, -0.1) is 11.3 Å². The number of aliphatic hydroxyl groups excluding tert-OH is 1. The molecule has 3 aromatic rings. The van der Waals surface area contributed by atoms with Gasteiger partial charge in [0.1, 0.15) is 6.10 Å². The van der Waals surface area contributed by atoms with E-state index < -0.39 is 6.10 Å². The van der Waals surface area contributed by atoms with Crippen LogP contribution in [0.4, 0.5) is 0 Å². The van der Waals surface area contributed by atoms with Crippen LogP contribution in [0.2, 0.25) is 4.34 Å². The number of rotatable bonds is 7. The lowest BCUT2D eigenvalue weighted by Crippen LogP contribution is -2.39. The van der Waals surface area contributed by atoms with Crippen LogP contribution in [0.5, 0.6) is 0 Å². The molecule has 8 heteroatoms. The van der Waals surface area contributed by atoms with Gasteiger partial charge in [-0.3, -0.25) is 0 Å². The van der Waals surface area contributed by atoms with Crippen molar-refractivity contribution in [1.29, 1.82) is 0 Å². The van der Waals surface area contributed by atoms with E-state index in [1.165, 1.54) is 11.3 Å². The number of halogens is 1. The summed E-state index contributed by atoms with van der Waals surface area (Å²) in [4.78, 5) is 5.37. The van der Waals surface area contributed by atoms with Gasteiger partial charge in [0.25, 0.3) is 0 Å². The van der Waals surface area contributed by atoms with E-state index >= 15 is 0 Å². The molecule has 0 fully saturated rings. The number of nitrogens with zero attached hydrogens (tertiary/aromatic N) is 3. The van der Waals surface area contributed by atoms with Gasteiger partial charge in [-0.05, 0) is 37.3 Å². The van der Waals surface area contributed by atoms with Crippen molar-refractivity contribution in [2.75, 3.05) is 13.1 Å². The maximum absolute atomic E-state index is 10.3. The maximum atomic E-state index is 10.3. The van der Waals surface area contributed by atoms with Crippen molar-refractivity contribution in [2.24, 2.45) is 4.99 Å². The molecule has 0 aliphatic rings. The second-order valence-electron chi connectivity index (χ2n) is 5.82. The Morgan fingerprint density at radius 3 is 2.74 bits per heavy atom. The summed E-state index contributed by atoms with van der Waals surface area (Å²) in [6.45, 7) is 3.51. The molecule has 2 aromatic heterocycles. The van der Waals surface area contributed by atoms with Crippen molar-refractivity contribution >= 4 is 28.9 Å². The topological polar surface area (TPSA) is 74.5 Å². The molecule has 142 valence electrons. The second-order valence-corrected chi connectivity index (χ2v) is 7.57. The molecule has 3 rings (SSSR count). The Balaban J connectivity index is 1.59. The number of hydrogen-bond donors (Lipinski definition) is 3. The van der Waals surface area contributed by atoms with Crippen LogP contribution in [0, 0.1) is 0 Å². The molecule has 1 atom stereocenters. The van der Waals surface area contributed by atoms with Crippen LogP contribution in [0.3, 0.4) is 0 Å². The van der Waals surface area contributed by atoms with Crippen molar-refractivity contribution in [3.63, 3.8) is 0 Å². The van der Waals surface area contributed by atoms with Crippen molar-refractivity contribution in [2.45, 2.75) is 19.6 Å². The zero-order chi connectivity index (χ0) is 19.1. The average Bonchev–Trinajstić information content (AvgIpc) is 3.33. The molecule has 0 aliphatic carbocycles. The van der Waals surface area contributed by atoms with Gasteiger partial charge in [0, 0.05) is 24.2 Å². The number of hydrogen-bond acceptors (Lipinski definition) is 4. The van der Waals surface area contributed by atoms with Crippen LogP contribution in [0.25, 0.3) is 5.69 Å². The predicted octanol–water partition coefficient (Wildman–Crippen LogP) is 3.38. The van der Waals surface area contributed by atoms with E-state index in [-0.39, 0.29) is 0 Å². The minimum absolute atomic E-state index is 0.348. The summed E-state index contributed by atoms with van der Waals surface area (Å²) in [5.41, 5.74) is 1.87. The zero-order valence-corrected chi connectivity index (χ0v) is 16.5. The smallest absolute Gasteiger partial charge is 0.191 e. The third-order valence-corrected chi connectivity index (χ3v) is 5.13. The number of aromatic nitrogens is 2. The zero-order valence-electron chi connectivity index (χ0n) is 15.0. The highest BCUT2D eigenvalue weighted by Crippen LogP contribution is 2.26. The van der Waals surface area contributed by atoms with Gasteiger partial charge in [0.15, 0.2) is 5.96 Å². The molecule has 27 heavy (non-hydrogen) atoms. The Labute approximate surface area is 167 Å². The second kappa shape index (κ2) is 9.55. The van der Waals surface area contributed by atoms with Crippen LogP contribution < -0.4 is 10.6 Å². The normalized spacial score (nSPS) is 12.8. The van der Waals surface area contributed by atoms with E-state index in [2.05, 4.69) is 20.7 Å². The van der Waals surface area contributed by atoms with E-state index in [9.17, 15) is 5.11 Å². The molecule has 2 heterocycles. The standard InChI is InChI=1S/C19H22ClN5OS/c1-2-21-19(23-13-16(26)17-8-9-18(20)27-17)22-12-14-10-11-25(24-14)15-6-4-3-5-7-15/h3-11,16,26H,2,12-13H2,1H3,(H2,21,22,23). The van der Waals surface area contributed by atoms with Gasteiger partial charge < -0.3 is 15.7 Å². The van der Waals surface area contributed by atoms with Crippen LogP contribution in [0.1, 0.15) is 23.6 Å². The molecule has 0 saturated heterocycles. The minimum Gasteiger partial charge on any atom is -0.386 e. The fourth-order valence-electron chi connectivity index (χ4n) is 2.47. The molecule has 1 aromatic carbocycles. The largest absolute Gasteiger partial charge is 0.386 e. The first-order valence-corrected chi connectivity index (χ1v) is 9.90. The van der Waals surface area contributed by atoms with E-state index in [1.807, 2.05) is 60.3 Å². The third kappa shape index (κ3) is 5.56. The van der Waals surface area contributed by atoms with Crippen molar-refractivity contribution in [3.05, 3.63) is 69.6 Å². The highest BCUT2D eigenvalue weighted by atomic mass is 35.5. The first kappa shape index (κ1) is 19.4. The molecule has 0 amide bonds. The lowest BCUT2D eigenvalue weighted by molar-refractivity contribution is 0.184. The van der Waals surface area contributed by atoms with E-state index in [0.717, 1.165) is 22.8 Å². The molecule has 0 radical (unpaired) electrons. The quantitative estimate of drug-likeness (QED) is 0.417. The highest BCUT2D eigenvalue weighted by Gasteiger charge is 2.11. The van der Waals surface area contributed by atoms with E-state index in [0.29, 0.717) is 23.4 Å². The number of aliphatic hydroxyl groups is 1. The number of para-hydroxylation sites is 1. The minimum atomic E-state index is -0.636. The van der Waals surface area contributed by atoms with Crippen LogP contribution >= 0.6 is 22.9 Å². The summed E-state index contributed by atoms with van der Waals surface area (Å²) >= 11 is 7.30. The Bertz CT molecular complexity index is 877. The Morgan fingerprint density at radius 2 is 2.04 bits per heavy atom. The number of guanidine groups is 1. The van der Waals surface area contributed by atoms with E-state index in [4.69, 9.17) is 11.6 Å². The van der Waals surface area contributed by atoms with Gasteiger partial charge in [-0.2, -0.15) is 5.10 Å². The molecule has 1 unspecified atom stereocenters. The van der Waals surface area contributed by atoms with Crippen molar-refractivity contribution < 1.29 is 5.11 Å². The number of aliphatic imine (C=N–C) groups is 1. The average molecular weight is 404 g/mol. The summed E-state index contributed by atoms with van der Waals surface area (Å²) in [6, 6.07) is 15.5. The Kier molecular flexibility index (Phi) is 6.86. The summed E-state index contributed by atoms with van der Waals surface area (Å²) < 4.78 is 2.49. The van der Waals surface area contributed by atoms with Crippen molar-refractivity contribution in [3.8, 4) is 5.69 Å². The monoisotopic (exact) mass is 403 g/mol. The lowest BCUT2D eigenvalue weighted by Gasteiger charge is -2.14. The van der Waals surface area contributed by atoms with Crippen LogP contribution in [-0.2, 0) is 6.54 Å². The van der Waals surface area contributed by atoms with Crippen LogP contribution in [-0.4, -0.2) is 33.9 Å². The summed E-state index contributed by atoms with van der Waals surface area (Å²) in [7, 11) is 0. The number of benzene rings is 1.